The third-order valence-corrected chi connectivity index (χ3v) is 2.28. The van der Waals surface area contributed by atoms with Crippen molar-refractivity contribution >= 4 is 22.9 Å². The van der Waals surface area contributed by atoms with Crippen LogP contribution in [0.15, 0.2) is 24.3 Å². The Labute approximate surface area is 103 Å². The first-order valence-electron chi connectivity index (χ1n) is 4.60. The van der Waals surface area contributed by atoms with E-state index in [4.69, 9.17) is 4.55 Å². The van der Waals surface area contributed by atoms with Gasteiger partial charge in [0, 0.05) is 12.2 Å². The molecule has 0 aliphatic rings. The largest absolute Gasteiger partial charge is 0.471 e. The lowest BCUT2D eigenvalue weighted by atomic mass is 10.2. The van der Waals surface area contributed by atoms with Gasteiger partial charge >= 0.3 is 12.1 Å². The lowest BCUT2D eigenvalue weighted by molar-refractivity contribution is -0.173. The van der Waals surface area contributed by atoms with Gasteiger partial charge in [-0.15, -0.1) is 0 Å². The van der Waals surface area contributed by atoms with Crippen LogP contribution in [0.1, 0.15) is 5.56 Å². The first-order valence-corrected chi connectivity index (χ1v) is 5.71. The molecule has 0 radical (unpaired) electrons. The fourth-order valence-corrected chi connectivity index (χ4v) is 1.41. The summed E-state index contributed by atoms with van der Waals surface area (Å²) in [5.74, 6) is -2.01. The van der Waals surface area contributed by atoms with Gasteiger partial charge in [-0.3, -0.25) is 14.1 Å². The van der Waals surface area contributed by atoms with Crippen LogP contribution in [0.2, 0.25) is 0 Å². The second kappa shape index (κ2) is 5.83. The van der Waals surface area contributed by atoms with E-state index in [1.165, 1.54) is 24.3 Å². The summed E-state index contributed by atoms with van der Waals surface area (Å²) < 4.78 is 56.7. The minimum absolute atomic E-state index is 0.277. The molecule has 1 atom stereocenters. The number of benzene rings is 1. The highest BCUT2D eigenvalue weighted by Gasteiger charge is 2.38. The van der Waals surface area contributed by atoms with Gasteiger partial charge in [0.05, 0.1) is 0 Å². The molecule has 1 unspecified atom stereocenters. The zero-order valence-corrected chi connectivity index (χ0v) is 9.64. The molecular formula is C9H9F3N2O3S. The molecule has 18 heavy (non-hydrogen) atoms. The average molecular weight is 282 g/mol. The van der Waals surface area contributed by atoms with Crippen molar-refractivity contribution in [2.45, 2.75) is 12.7 Å². The zero-order chi connectivity index (χ0) is 13.8. The zero-order valence-electron chi connectivity index (χ0n) is 8.82. The lowest BCUT2D eigenvalue weighted by Crippen LogP contribution is -2.36. The molecule has 0 aromatic heterocycles. The SMILES string of the molecule is O=C(NCc1ccc(NS(=O)O)cc1)C(F)(F)F. The maximum atomic E-state index is 11.9. The molecule has 1 aromatic carbocycles. The van der Waals surface area contributed by atoms with Crippen LogP contribution in [-0.2, 0) is 22.6 Å². The Morgan fingerprint density at radius 2 is 1.83 bits per heavy atom. The van der Waals surface area contributed by atoms with Gasteiger partial charge in [-0.25, -0.2) is 4.21 Å². The molecule has 100 valence electrons. The Kier molecular flexibility index (Phi) is 4.68. The molecule has 1 amide bonds. The second-order valence-corrected chi connectivity index (χ2v) is 3.93. The molecule has 0 aliphatic carbocycles. The number of halogens is 3. The highest BCUT2D eigenvalue weighted by Crippen LogP contribution is 2.15. The van der Waals surface area contributed by atoms with Crippen LogP contribution in [0.3, 0.4) is 0 Å². The molecule has 0 aliphatic heterocycles. The van der Waals surface area contributed by atoms with Crippen LogP contribution >= 0.6 is 0 Å². The molecule has 0 bridgehead atoms. The molecular weight excluding hydrogens is 273 g/mol. The highest BCUT2D eigenvalue weighted by molar-refractivity contribution is 7.80. The Morgan fingerprint density at radius 1 is 1.28 bits per heavy atom. The molecule has 0 saturated heterocycles. The summed E-state index contributed by atoms with van der Waals surface area (Å²) in [7, 11) is 0. The predicted molar refractivity (Wildman–Crippen MR) is 58.7 cm³/mol. The molecule has 9 heteroatoms. The Hall–Kier alpha value is -1.61. The monoisotopic (exact) mass is 282 g/mol. The van der Waals surface area contributed by atoms with Crippen LogP contribution < -0.4 is 10.0 Å². The van der Waals surface area contributed by atoms with Gasteiger partial charge in [-0.1, -0.05) is 12.1 Å². The van der Waals surface area contributed by atoms with E-state index in [9.17, 15) is 22.2 Å². The molecule has 5 nitrogen and oxygen atoms in total. The fourth-order valence-electron chi connectivity index (χ4n) is 1.07. The van der Waals surface area contributed by atoms with E-state index >= 15 is 0 Å². The standard InChI is InChI=1S/C9H9F3N2O3S/c10-9(11,12)8(15)13-5-6-1-3-7(4-2-6)14-18(16)17/h1-4,14H,5H2,(H,13,15)(H,16,17). The van der Waals surface area contributed by atoms with Gasteiger partial charge in [0.1, 0.15) is 0 Å². The van der Waals surface area contributed by atoms with Gasteiger partial charge in [-0.2, -0.15) is 13.2 Å². The Bertz CT molecular complexity index is 447. The summed E-state index contributed by atoms with van der Waals surface area (Å²) in [6.45, 7) is -0.277. The van der Waals surface area contributed by atoms with Crippen molar-refractivity contribution in [1.29, 1.82) is 0 Å². The summed E-state index contributed by atoms with van der Waals surface area (Å²) in [5, 5.41) is 1.71. The third kappa shape index (κ3) is 4.72. The molecule has 0 heterocycles. The number of hydrogen-bond acceptors (Lipinski definition) is 2. The van der Waals surface area contributed by atoms with Gasteiger partial charge in [0.15, 0.2) is 0 Å². The molecule has 0 spiro atoms. The van der Waals surface area contributed by atoms with Crippen LogP contribution in [-0.4, -0.2) is 20.8 Å². The normalized spacial score (nSPS) is 12.9. The van der Waals surface area contributed by atoms with Gasteiger partial charge in [0.25, 0.3) is 11.3 Å². The maximum absolute atomic E-state index is 11.9. The molecule has 1 rings (SSSR count). The first-order chi connectivity index (χ1) is 8.29. The number of amides is 1. The topological polar surface area (TPSA) is 78.4 Å². The number of nitrogens with one attached hydrogen (secondary N) is 2. The smallest absolute Gasteiger partial charge is 0.344 e. The van der Waals surface area contributed by atoms with E-state index < -0.39 is 23.3 Å². The molecule has 3 N–H and O–H groups in total. The summed E-state index contributed by atoms with van der Waals surface area (Å²) in [6, 6.07) is 5.66. The van der Waals surface area contributed by atoms with Gasteiger partial charge < -0.3 is 5.32 Å². The van der Waals surface area contributed by atoms with Crippen molar-refractivity contribution < 1.29 is 26.7 Å². The average Bonchev–Trinajstić information content (AvgIpc) is 2.25. The van der Waals surface area contributed by atoms with E-state index in [1.54, 1.807) is 5.32 Å². The quantitative estimate of drug-likeness (QED) is 0.731. The van der Waals surface area contributed by atoms with E-state index in [2.05, 4.69) is 4.72 Å². The first kappa shape index (κ1) is 14.5. The van der Waals surface area contributed by atoms with E-state index in [0.717, 1.165) is 0 Å². The number of anilines is 1. The number of hydrogen-bond donors (Lipinski definition) is 3. The number of carbonyl (C=O) groups excluding carboxylic acids is 1. The fraction of sp³-hybridized carbons (Fsp3) is 0.222. The summed E-state index contributed by atoms with van der Waals surface area (Å²) >= 11 is -2.21. The molecule has 0 fully saturated rings. The summed E-state index contributed by atoms with van der Waals surface area (Å²) in [6.07, 6.45) is -4.91. The van der Waals surface area contributed by atoms with Crippen molar-refractivity contribution in [3.8, 4) is 0 Å². The highest BCUT2D eigenvalue weighted by atomic mass is 32.2. The predicted octanol–water partition coefficient (Wildman–Crippen LogP) is 1.41. The van der Waals surface area contributed by atoms with Crippen LogP contribution in [0.25, 0.3) is 0 Å². The van der Waals surface area contributed by atoms with Crippen molar-refractivity contribution in [2.75, 3.05) is 4.72 Å². The van der Waals surface area contributed by atoms with E-state index in [1.807, 2.05) is 0 Å². The van der Waals surface area contributed by atoms with Crippen molar-refractivity contribution in [3.63, 3.8) is 0 Å². The lowest BCUT2D eigenvalue weighted by Gasteiger charge is -2.08. The van der Waals surface area contributed by atoms with Crippen molar-refractivity contribution in [2.24, 2.45) is 0 Å². The third-order valence-electron chi connectivity index (χ3n) is 1.87. The Morgan fingerprint density at radius 3 is 2.28 bits per heavy atom. The van der Waals surface area contributed by atoms with Gasteiger partial charge in [0.2, 0.25) is 0 Å². The van der Waals surface area contributed by atoms with Crippen LogP contribution in [0.5, 0.6) is 0 Å². The van der Waals surface area contributed by atoms with E-state index in [-0.39, 0.29) is 6.54 Å². The summed E-state index contributed by atoms with van der Waals surface area (Å²) in [5.41, 5.74) is 0.767. The second-order valence-electron chi connectivity index (χ2n) is 3.23. The summed E-state index contributed by atoms with van der Waals surface area (Å²) in [4.78, 5) is 10.5. The van der Waals surface area contributed by atoms with Crippen LogP contribution in [0, 0.1) is 0 Å². The molecule has 1 aromatic rings. The number of rotatable bonds is 4. The number of carbonyl (C=O) groups is 1. The van der Waals surface area contributed by atoms with Crippen molar-refractivity contribution in [1.82, 2.24) is 5.32 Å². The van der Waals surface area contributed by atoms with Crippen LogP contribution in [0.4, 0.5) is 18.9 Å². The molecule has 0 saturated carbocycles. The van der Waals surface area contributed by atoms with Gasteiger partial charge in [-0.05, 0) is 17.7 Å². The van der Waals surface area contributed by atoms with Crippen molar-refractivity contribution in [3.05, 3.63) is 29.8 Å². The minimum Gasteiger partial charge on any atom is -0.344 e. The number of alkyl halides is 3. The Balaban J connectivity index is 2.54. The maximum Gasteiger partial charge on any atom is 0.471 e. The minimum atomic E-state index is -4.91. The van der Waals surface area contributed by atoms with E-state index in [0.29, 0.717) is 11.3 Å².